The van der Waals surface area contributed by atoms with Crippen LogP contribution in [0.5, 0.6) is 0 Å². The molecule has 2 N–H and O–H groups in total. The van der Waals surface area contributed by atoms with E-state index in [1.807, 2.05) is 6.92 Å². The minimum absolute atomic E-state index is 0.0171. The fourth-order valence-corrected chi connectivity index (χ4v) is 7.85. The second-order valence-corrected chi connectivity index (χ2v) is 13.6. The van der Waals surface area contributed by atoms with Crippen molar-refractivity contribution in [3.8, 4) is 0 Å². The van der Waals surface area contributed by atoms with Crippen molar-refractivity contribution < 1.29 is 19.4 Å². The van der Waals surface area contributed by atoms with E-state index in [0.717, 1.165) is 111 Å². The predicted octanol–water partition coefficient (Wildman–Crippen LogP) is 8.60. The maximum absolute atomic E-state index is 12.3. The number of rotatable bonds is 11. The van der Waals surface area contributed by atoms with E-state index in [-0.39, 0.29) is 23.9 Å². The Hall–Kier alpha value is -4.04. The number of allylic oxidation sites excluding steroid dienone is 11. The Morgan fingerprint density at radius 1 is 1.00 bits per heavy atom. The summed E-state index contributed by atoms with van der Waals surface area (Å²) in [5, 5.41) is 15.1. The van der Waals surface area contributed by atoms with Crippen LogP contribution in [0, 0.1) is 11.8 Å². The van der Waals surface area contributed by atoms with Crippen LogP contribution in [0.2, 0.25) is 0 Å². The third kappa shape index (κ3) is 5.93. The number of carbonyl (C=O) groups is 1. The Morgan fingerprint density at radius 3 is 2.46 bits per heavy atom. The lowest BCUT2D eigenvalue weighted by Crippen LogP contribution is -2.19. The second kappa shape index (κ2) is 13.8. The fraction of sp³-hybridized carbons (Fsp3) is 0.500. The molecule has 254 valence electrons. The number of ether oxygens (including phenoxy) is 2. The van der Waals surface area contributed by atoms with Gasteiger partial charge in [0, 0.05) is 59.4 Å². The third-order valence-electron chi connectivity index (χ3n) is 10.7. The first-order valence-electron chi connectivity index (χ1n) is 17.8. The van der Waals surface area contributed by atoms with Crippen LogP contribution < -0.4 is 5.32 Å². The summed E-state index contributed by atoms with van der Waals surface area (Å²) in [5.41, 5.74) is 14.7. The van der Waals surface area contributed by atoms with Gasteiger partial charge in [0.15, 0.2) is 0 Å². The minimum Gasteiger partial charge on any atom is -0.511 e. The molecule has 0 aromatic rings. The van der Waals surface area contributed by atoms with Crippen molar-refractivity contribution in [1.82, 2.24) is 5.32 Å². The molecule has 0 aromatic carbocycles. The molecule has 5 heterocycles. The number of aliphatic imine (C=N–C) groups is 3. The quantitative estimate of drug-likeness (QED) is 0.172. The number of nitrogens with zero attached hydrogens (tertiary/aromatic N) is 3. The number of esters is 1. The molecule has 0 saturated carbocycles. The zero-order valence-corrected chi connectivity index (χ0v) is 29.8. The molecule has 0 spiro atoms. The zero-order valence-electron chi connectivity index (χ0n) is 29.8. The summed E-state index contributed by atoms with van der Waals surface area (Å²) in [5.74, 6) is 0.202. The number of hydrogen-bond acceptors (Lipinski definition) is 8. The first kappa shape index (κ1) is 33.8. The van der Waals surface area contributed by atoms with Gasteiger partial charge in [-0.25, -0.2) is 15.0 Å². The van der Waals surface area contributed by atoms with E-state index in [0.29, 0.717) is 31.6 Å². The van der Waals surface area contributed by atoms with E-state index in [1.54, 1.807) is 0 Å². The monoisotopic (exact) mass is 650 g/mol. The van der Waals surface area contributed by atoms with Crippen LogP contribution in [-0.4, -0.2) is 48.0 Å². The highest BCUT2D eigenvalue weighted by atomic mass is 16.5. The molecular formula is C40H50N4O4. The number of fused-ring (bicyclic) bond motifs is 5. The first-order valence-corrected chi connectivity index (χ1v) is 17.8. The normalized spacial score (nSPS) is 23.8. The molecule has 1 aliphatic carbocycles. The smallest absolute Gasteiger partial charge is 0.305 e. The standard InChI is InChI=1S/C40H50N4O4/c1-9-12-16-48-35(13-10-2)37-23(6)30-18-29-22(5)26(14-15-36(46)47-8)39(43-29)27-17-34(45)38-24(7)31(44-40(27)38)19-32-25(11-3)21(4)28(41-32)20-33(37)42-30/h18-20,22,26,35,43,45H,9-17H2,1-8H3/t22?,26-,35?/m0/s1. The highest BCUT2D eigenvalue weighted by Gasteiger charge is 2.41. The molecule has 8 bridgehead atoms. The van der Waals surface area contributed by atoms with Gasteiger partial charge in [-0.2, -0.15) is 0 Å². The highest BCUT2D eigenvalue weighted by Crippen LogP contribution is 2.46. The lowest BCUT2D eigenvalue weighted by molar-refractivity contribution is -0.140. The molecule has 0 radical (unpaired) electrons. The fourth-order valence-electron chi connectivity index (χ4n) is 7.85. The SMILES string of the molecule is CCCCOC(CCC)C1=C(C)C2=NC1=CC1=NC(=CC3=C(C)C4=C(O)CC(=C5NC(=C2)C(C)[C@@H]5CCC(=O)OC)C4=N3)C(CC)=C1C. The average molecular weight is 651 g/mol. The van der Waals surface area contributed by atoms with Gasteiger partial charge in [0.2, 0.25) is 0 Å². The van der Waals surface area contributed by atoms with Crippen molar-refractivity contribution in [1.29, 1.82) is 0 Å². The summed E-state index contributed by atoms with van der Waals surface area (Å²) in [6.45, 7) is 15.8. The zero-order chi connectivity index (χ0) is 34.3. The Labute approximate surface area is 285 Å². The molecule has 6 aliphatic rings. The molecule has 8 heteroatoms. The Bertz CT molecular complexity index is 1790. The lowest BCUT2D eigenvalue weighted by atomic mass is 9.86. The Morgan fingerprint density at radius 2 is 1.75 bits per heavy atom. The molecule has 5 aliphatic heterocycles. The van der Waals surface area contributed by atoms with Crippen LogP contribution in [0.3, 0.4) is 0 Å². The lowest BCUT2D eigenvalue weighted by Gasteiger charge is -2.21. The largest absolute Gasteiger partial charge is 0.511 e. The summed E-state index contributed by atoms with van der Waals surface area (Å²) >= 11 is 0. The number of hydrogen-bond donors (Lipinski definition) is 2. The first-order chi connectivity index (χ1) is 23.1. The summed E-state index contributed by atoms with van der Waals surface area (Å²) in [4.78, 5) is 28.0. The molecule has 3 atom stereocenters. The van der Waals surface area contributed by atoms with Gasteiger partial charge >= 0.3 is 5.97 Å². The summed E-state index contributed by atoms with van der Waals surface area (Å²) in [6.07, 6.45) is 12.5. The van der Waals surface area contributed by atoms with Gasteiger partial charge in [-0.15, -0.1) is 0 Å². The van der Waals surface area contributed by atoms with Crippen molar-refractivity contribution in [3.05, 3.63) is 91.5 Å². The molecule has 0 amide bonds. The van der Waals surface area contributed by atoms with Gasteiger partial charge in [0.05, 0.1) is 47.4 Å². The van der Waals surface area contributed by atoms with E-state index >= 15 is 0 Å². The predicted molar refractivity (Wildman–Crippen MR) is 193 cm³/mol. The van der Waals surface area contributed by atoms with Gasteiger partial charge in [-0.05, 0) is 87.0 Å². The summed E-state index contributed by atoms with van der Waals surface area (Å²) in [6, 6.07) is 0. The van der Waals surface area contributed by atoms with Crippen molar-refractivity contribution in [2.75, 3.05) is 13.7 Å². The number of methoxy groups -OCH3 is 1. The van der Waals surface area contributed by atoms with Gasteiger partial charge in [-0.1, -0.05) is 40.5 Å². The number of nitrogens with one attached hydrogen (secondary N) is 1. The van der Waals surface area contributed by atoms with Crippen LogP contribution >= 0.6 is 0 Å². The molecule has 1 saturated heterocycles. The number of carbonyl (C=O) groups excluding carboxylic acids is 1. The maximum Gasteiger partial charge on any atom is 0.305 e. The Balaban J connectivity index is 1.57. The molecule has 1 fully saturated rings. The van der Waals surface area contributed by atoms with Gasteiger partial charge in [0.1, 0.15) is 5.76 Å². The van der Waals surface area contributed by atoms with Crippen LogP contribution in [0.25, 0.3) is 0 Å². The van der Waals surface area contributed by atoms with Gasteiger partial charge in [0.25, 0.3) is 0 Å². The number of aliphatic hydroxyl groups is 1. The molecular weight excluding hydrogens is 600 g/mol. The highest BCUT2D eigenvalue weighted by molar-refractivity contribution is 6.21. The molecule has 48 heavy (non-hydrogen) atoms. The average Bonchev–Trinajstić information content (AvgIpc) is 3.82. The molecule has 6 rings (SSSR count). The summed E-state index contributed by atoms with van der Waals surface area (Å²) in [7, 11) is 1.44. The van der Waals surface area contributed by atoms with Crippen molar-refractivity contribution in [3.63, 3.8) is 0 Å². The molecule has 8 nitrogen and oxygen atoms in total. The van der Waals surface area contributed by atoms with Crippen LogP contribution in [0.1, 0.15) is 99.8 Å². The van der Waals surface area contributed by atoms with Crippen molar-refractivity contribution in [2.24, 2.45) is 26.8 Å². The van der Waals surface area contributed by atoms with E-state index in [1.165, 1.54) is 12.7 Å². The van der Waals surface area contributed by atoms with E-state index < -0.39 is 0 Å². The summed E-state index contributed by atoms with van der Waals surface area (Å²) < 4.78 is 11.6. The second-order valence-electron chi connectivity index (χ2n) is 13.6. The van der Waals surface area contributed by atoms with E-state index in [9.17, 15) is 9.90 Å². The topological polar surface area (TPSA) is 105 Å². The van der Waals surface area contributed by atoms with Crippen LogP contribution in [0.15, 0.2) is 106 Å². The van der Waals surface area contributed by atoms with Crippen molar-refractivity contribution >= 4 is 23.1 Å². The van der Waals surface area contributed by atoms with Gasteiger partial charge < -0.3 is 19.9 Å². The number of unbranched alkanes of at least 4 members (excludes halogenated alkanes) is 1. The molecule has 0 aromatic heterocycles. The van der Waals surface area contributed by atoms with Gasteiger partial charge in [-0.3, -0.25) is 4.79 Å². The molecule has 2 unspecified atom stereocenters. The van der Waals surface area contributed by atoms with Crippen LogP contribution in [0.4, 0.5) is 0 Å². The van der Waals surface area contributed by atoms with E-state index in [2.05, 4.69) is 65.1 Å². The van der Waals surface area contributed by atoms with E-state index in [4.69, 9.17) is 24.5 Å². The van der Waals surface area contributed by atoms with Crippen molar-refractivity contribution in [2.45, 2.75) is 106 Å². The third-order valence-corrected chi connectivity index (χ3v) is 10.7. The maximum atomic E-state index is 12.3. The number of aliphatic hydroxyl groups excluding tert-OH is 1. The minimum atomic E-state index is -0.227. The van der Waals surface area contributed by atoms with Crippen LogP contribution in [-0.2, 0) is 14.3 Å². The Kier molecular flexibility index (Phi) is 9.75.